The minimum absolute atomic E-state index is 0.256. The number of ether oxygens (including phenoxy) is 1. The van der Waals surface area contributed by atoms with Crippen molar-refractivity contribution in [2.75, 3.05) is 0 Å². The summed E-state index contributed by atoms with van der Waals surface area (Å²) in [6, 6.07) is 9.61. The quantitative estimate of drug-likeness (QED) is 0.295. The third kappa shape index (κ3) is 5.20. The molecule has 2 aromatic heterocycles. The fourth-order valence-electron chi connectivity index (χ4n) is 3.67. The Bertz CT molecular complexity index is 1190. The number of hydrogen-bond acceptors (Lipinski definition) is 5. The van der Waals surface area contributed by atoms with Gasteiger partial charge < -0.3 is 9.30 Å². The van der Waals surface area contributed by atoms with E-state index in [1.807, 2.05) is 33.3 Å². The molecule has 1 aliphatic heterocycles. The summed E-state index contributed by atoms with van der Waals surface area (Å²) in [5.74, 6) is 0.494. The minimum Gasteiger partial charge on any atom is -0.405 e. The molecule has 0 saturated carbocycles. The first-order valence-electron chi connectivity index (χ1n) is 10.1. The number of halogens is 3. The molecule has 0 fully saturated rings. The number of nitrogens with zero attached hydrogens (tertiary/aromatic N) is 4. The van der Waals surface area contributed by atoms with E-state index in [1.54, 1.807) is 36.7 Å². The number of hydrogen-bond donors (Lipinski definition) is 0. The highest BCUT2D eigenvalue weighted by atomic mass is 32.2. The van der Waals surface area contributed by atoms with Crippen LogP contribution in [0, 0.1) is 0 Å². The van der Waals surface area contributed by atoms with Crippen molar-refractivity contribution in [3.05, 3.63) is 103 Å². The standard InChI is InChI=1S/C24H21F3N4OS/c1-3-8-17(4-2)15-20-23-29-13-14-30(23)19-9-7-12-28-18(19)16-31(20)33-22-11-6-5-10-21(22)32-24(25,26)27/h3-14,20H,1-2,15-16H2/b17-8+. The molecule has 0 aliphatic carbocycles. The summed E-state index contributed by atoms with van der Waals surface area (Å²) < 4.78 is 47.2. The van der Waals surface area contributed by atoms with Crippen LogP contribution in [0.4, 0.5) is 13.2 Å². The fourth-order valence-corrected chi connectivity index (χ4v) is 4.74. The predicted molar refractivity (Wildman–Crippen MR) is 122 cm³/mol. The normalized spacial score (nSPS) is 16.5. The van der Waals surface area contributed by atoms with E-state index in [1.165, 1.54) is 24.1 Å². The third-order valence-corrected chi connectivity index (χ3v) is 6.21. The van der Waals surface area contributed by atoms with Crippen LogP contribution in [-0.4, -0.2) is 25.2 Å². The van der Waals surface area contributed by atoms with Crippen molar-refractivity contribution in [3.8, 4) is 11.4 Å². The molecule has 1 aromatic carbocycles. The van der Waals surface area contributed by atoms with Crippen molar-refractivity contribution < 1.29 is 17.9 Å². The maximum atomic E-state index is 13.0. The number of alkyl halides is 3. The molecular formula is C24H21F3N4OS. The first-order chi connectivity index (χ1) is 15.9. The highest BCUT2D eigenvalue weighted by Crippen LogP contribution is 2.43. The summed E-state index contributed by atoms with van der Waals surface area (Å²) in [4.78, 5) is 9.47. The van der Waals surface area contributed by atoms with Crippen LogP contribution >= 0.6 is 11.9 Å². The third-order valence-electron chi connectivity index (χ3n) is 5.06. The largest absolute Gasteiger partial charge is 0.573 e. The van der Waals surface area contributed by atoms with E-state index in [0.29, 0.717) is 17.9 Å². The van der Waals surface area contributed by atoms with E-state index in [4.69, 9.17) is 0 Å². The van der Waals surface area contributed by atoms with Crippen molar-refractivity contribution >= 4 is 11.9 Å². The van der Waals surface area contributed by atoms with Gasteiger partial charge in [-0.3, -0.25) is 4.98 Å². The lowest BCUT2D eigenvalue weighted by Crippen LogP contribution is -2.23. The van der Waals surface area contributed by atoms with E-state index < -0.39 is 6.36 Å². The number of para-hydroxylation sites is 1. The Morgan fingerprint density at radius 3 is 2.73 bits per heavy atom. The van der Waals surface area contributed by atoms with Crippen molar-refractivity contribution in [3.63, 3.8) is 0 Å². The lowest BCUT2D eigenvalue weighted by Gasteiger charge is -2.29. The lowest BCUT2D eigenvalue weighted by molar-refractivity contribution is -0.275. The Balaban J connectivity index is 1.79. The lowest BCUT2D eigenvalue weighted by atomic mass is 10.0. The number of allylic oxidation sites excluding steroid dienone is 3. The Morgan fingerprint density at radius 2 is 1.97 bits per heavy atom. The van der Waals surface area contributed by atoms with Gasteiger partial charge in [0.1, 0.15) is 11.6 Å². The average molecular weight is 471 g/mol. The fraction of sp³-hybridized carbons (Fsp3) is 0.167. The Morgan fingerprint density at radius 1 is 1.15 bits per heavy atom. The zero-order valence-corrected chi connectivity index (χ0v) is 18.4. The van der Waals surface area contributed by atoms with Crippen LogP contribution in [0.3, 0.4) is 0 Å². The first kappa shape index (κ1) is 22.9. The van der Waals surface area contributed by atoms with Crippen molar-refractivity contribution in [2.24, 2.45) is 0 Å². The van der Waals surface area contributed by atoms with Crippen LogP contribution in [-0.2, 0) is 6.54 Å². The number of pyridine rings is 1. The second-order valence-electron chi connectivity index (χ2n) is 7.19. The van der Waals surface area contributed by atoms with Gasteiger partial charge in [0.15, 0.2) is 0 Å². The van der Waals surface area contributed by atoms with E-state index >= 15 is 0 Å². The van der Waals surface area contributed by atoms with Crippen LogP contribution in [0.25, 0.3) is 5.69 Å². The molecule has 3 heterocycles. The number of rotatable bonds is 7. The Labute approximate surface area is 194 Å². The molecule has 1 atom stereocenters. The molecular weight excluding hydrogens is 449 g/mol. The zero-order valence-electron chi connectivity index (χ0n) is 17.6. The molecule has 1 unspecified atom stereocenters. The van der Waals surface area contributed by atoms with Gasteiger partial charge in [0.2, 0.25) is 0 Å². The SMILES string of the molecule is C=C/C=C(\C=C)CC1c2nccn2-c2cccnc2CN1Sc1ccccc1OC(F)(F)F. The van der Waals surface area contributed by atoms with E-state index in [0.717, 1.165) is 22.8 Å². The maximum absolute atomic E-state index is 13.0. The topological polar surface area (TPSA) is 43.2 Å². The first-order valence-corrected chi connectivity index (χ1v) is 10.9. The van der Waals surface area contributed by atoms with E-state index in [9.17, 15) is 13.2 Å². The smallest absolute Gasteiger partial charge is 0.405 e. The molecule has 33 heavy (non-hydrogen) atoms. The zero-order chi connectivity index (χ0) is 23.4. The number of aromatic nitrogens is 3. The highest BCUT2D eigenvalue weighted by Gasteiger charge is 2.35. The number of benzene rings is 1. The van der Waals surface area contributed by atoms with Gasteiger partial charge in [0.25, 0.3) is 0 Å². The Hall–Kier alpha value is -3.30. The molecule has 1 aliphatic rings. The number of imidazole rings is 1. The monoisotopic (exact) mass is 470 g/mol. The summed E-state index contributed by atoms with van der Waals surface area (Å²) in [5, 5.41) is 0. The molecule has 4 rings (SSSR count). The van der Waals surface area contributed by atoms with Crippen LogP contribution in [0.5, 0.6) is 5.75 Å². The molecule has 3 aromatic rings. The van der Waals surface area contributed by atoms with Gasteiger partial charge >= 0.3 is 6.36 Å². The molecule has 0 bridgehead atoms. The Kier molecular flexibility index (Phi) is 6.71. The van der Waals surface area contributed by atoms with E-state index in [-0.39, 0.29) is 11.8 Å². The van der Waals surface area contributed by atoms with Crippen LogP contribution in [0.15, 0.2) is 96.8 Å². The molecule has 0 spiro atoms. The van der Waals surface area contributed by atoms with Gasteiger partial charge in [-0.2, -0.15) is 0 Å². The average Bonchev–Trinajstić information content (AvgIpc) is 3.22. The van der Waals surface area contributed by atoms with Gasteiger partial charge in [-0.25, -0.2) is 9.29 Å². The second-order valence-corrected chi connectivity index (χ2v) is 8.28. The van der Waals surface area contributed by atoms with Gasteiger partial charge in [-0.05, 0) is 48.2 Å². The maximum Gasteiger partial charge on any atom is 0.573 e. The van der Waals surface area contributed by atoms with Gasteiger partial charge in [0, 0.05) is 18.6 Å². The van der Waals surface area contributed by atoms with Crippen LogP contribution in [0.1, 0.15) is 24.0 Å². The van der Waals surface area contributed by atoms with Gasteiger partial charge in [-0.1, -0.05) is 43.5 Å². The van der Waals surface area contributed by atoms with E-state index in [2.05, 4.69) is 27.9 Å². The van der Waals surface area contributed by atoms with Crippen LogP contribution < -0.4 is 4.74 Å². The molecule has 0 radical (unpaired) electrons. The number of fused-ring (bicyclic) bond motifs is 3. The molecule has 0 amide bonds. The van der Waals surface area contributed by atoms with Crippen molar-refractivity contribution in [2.45, 2.75) is 30.3 Å². The predicted octanol–water partition coefficient (Wildman–Crippen LogP) is 6.42. The van der Waals surface area contributed by atoms with Crippen LogP contribution in [0.2, 0.25) is 0 Å². The van der Waals surface area contributed by atoms with Gasteiger partial charge in [-0.15, -0.1) is 13.2 Å². The summed E-state index contributed by atoms with van der Waals surface area (Å²) in [6.07, 6.45) is 6.29. The van der Waals surface area contributed by atoms with Crippen molar-refractivity contribution in [1.82, 2.24) is 18.8 Å². The summed E-state index contributed by atoms with van der Waals surface area (Å²) in [6.45, 7) is 8.03. The second kappa shape index (κ2) is 9.68. The molecule has 9 heteroatoms. The van der Waals surface area contributed by atoms with Gasteiger partial charge in [0.05, 0.1) is 28.9 Å². The minimum atomic E-state index is -4.79. The summed E-state index contributed by atoms with van der Waals surface area (Å²) >= 11 is 1.18. The summed E-state index contributed by atoms with van der Waals surface area (Å²) in [5.41, 5.74) is 2.59. The molecule has 0 saturated heterocycles. The molecule has 5 nitrogen and oxygen atoms in total. The van der Waals surface area contributed by atoms with Crippen molar-refractivity contribution in [1.29, 1.82) is 0 Å². The summed E-state index contributed by atoms with van der Waals surface area (Å²) in [7, 11) is 0. The molecule has 0 N–H and O–H groups in total. The molecule has 170 valence electrons. The highest BCUT2D eigenvalue weighted by molar-refractivity contribution is 7.97.